The molecule has 1 aliphatic rings. The van der Waals surface area contributed by atoms with Crippen molar-refractivity contribution in [1.82, 2.24) is 19.5 Å². The number of benzene rings is 2. The van der Waals surface area contributed by atoms with Gasteiger partial charge in [-0.15, -0.1) is 0 Å². The number of likely N-dealkylation sites (N-methyl/N-ethyl adjacent to an activating group) is 1. The lowest BCUT2D eigenvalue weighted by Gasteiger charge is -2.27. The lowest BCUT2D eigenvalue weighted by Crippen LogP contribution is -2.25. The second kappa shape index (κ2) is 8.47. The van der Waals surface area contributed by atoms with Crippen LogP contribution in [-0.2, 0) is 0 Å². The number of aliphatic hydroxyl groups excluding tert-OH is 1. The molecule has 9 heteroatoms. The van der Waals surface area contributed by atoms with Crippen molar-refractivity contribution in [3.05, 3.63) is 42.5 Å². The molecule has 0 radical (unpaired) electrons. The normalized spacial score (nSPS) is 18.8. The molecule has 2 aromatic carbocycles. The van der Waals surface area contributed by atoms with Crippen molar-refractivity contribution in [1.29, 1.82) is 0 Å². The fourth-order valence-electron chi connectivity index (χ4n) is 4.98. The summed E-state index contributed by atoms with van der Waals surface area (Å²) in [6, 6.07) is 7.60. The summed E-state index contributed by atoms with van der Waals surface area (Å²) in [7, 11) is 1.80. The molecule has 2 heterocycles. The van der Waals surface area contributed by atoms with Crippen molar-refractivity contribution in [2.75, 3.05) is 25.1 Å². The Kier molecular flexibility index (Phi) is 5.49. The van der Waals surface area contributed by atoms with Crippen LogP contribution in [0.1, 0.15) is 42.1 Å². The van der Waals surface area contributed by atoms with Crippen molar-refractivity contribution in [2.45, 2.75) is 37.9 Å². The Hall–Kier alpha value is -3.46. The van der Waals surface area contributed by atoms with Gasteiger partial charge in [0, 0.05) is 19.2 Å². The third-order valence-corrected chi connectivity index (χ3v) is 6.67. The number of imidazole rings is 2. The zero-order valence-electron chi connectivity index (χ0n) is 18.5. The number of nitrogens with one attached hydrogen (secondary N) is 1. The molecular formula is C24H27FN6O2. The van der Waals surface area contributed by atoms with Gasteiger partial charge in [-0.2, -0.15) is 0 Å². The summed E-state index contributed by atoms with van der Waals surface area (Å²) in [5.74, 6) is -0.571. The van der Waals surface area contributed by atoms with E-state index in [1.54, 1.807) is 18.3 Å². The van der Waals surface area contributed by atoms with Crippen LogP contribution in [0.15, 0.2) is 36.9 Å². The van der Waals surface area contributed by atoms with Gasteiger partial charge in [-0.25, -0.2) is 14.4 Å². The van der Waals surface area contributed by atoms with Crippen molar-refractivity contribution in [3.63, 3.8) is 0 Å². The van der Waals surface area contributed by atoms with Crippen molar-refractivity contribution < 1.29 is 14.3 Å². The van der Waals surface area contributed by atoms with Gasteiger partial charge >= 0.3 is 0 Å². The van der Waals surface area contributed by atoms with Crippen LogP contribution in [0.4, 0.5) is 10.1 Å². The molecule has 1 fully saturated rings. The number of carbonyl (C=O) groups is 1. The van der Waals surface area contributed by atoms with Gasteiger partial charge in [0.1, 0.15) is 6.17 Å². The molecule has 4 N–H and O–H groups in total. The fourth-order valence-corrected chi connectivity index (χ4v) is 4.98. The Morgan fingerprint density at radius 2 is 2.12 bits per heavy atom. The number of anilines is 1. The maximum atomic E-state index is 14.6. The number of aromatic nitrogens is 4. The first-order valence-electron chi connectivity index (χ1n) is 11.2. The standard InChI is InChI=1S/C24H27FN6O2/c1-30(8-9-32)20-11-15(22-23(28-12-27-22)21(20)24(26)33)14-6-7-19-17(10-14)29-13-31(19)18-5-3-2-4-16(18)25/h6-7,10-13,16,18,32H,2-5,8-9H2,1H3,(H2,26,33)(H,27,28)/t16-,18-/m1/s1. The zero-order chi connectivity index (χ0) is 23.1. The second-order valence-electron chi connectivity index (χ2n) is 8.68. The van der Waals surface area contributed by atoms with Gasteiger partial charge in [-0.1, -0.05) is 18.9 Å². The minimum absolute atomic E-state index is 0.0643. The Bertz CT molecular complexity index is 1330. The van der Waals surface area contributed by atoms with Crippen LogP contribution in [0, 0.1) is 0 Å². The van der Waals surface area contributed by atoms with Gasteiger partial charge in [-0.05, 0) is 36.6 Å². The van der Waals surface area contributed by atoms with Crippen LogP contribution < -0.4 is 10.6 Å². The molecule has 1 amide bonds. The molecule has 0 spiro atoms. The molecule has 2 aromatic heterocycles. The minimum atomic E-state index is -0.856. The van der Waals surface area contributed by atoms with E-state index < -0.39 is 12.1 Å². The lowest BCUT2D eigenvalue weighted by molar-refractivity contribution is 0.100. The number of halogens is 1. The van der Waals surface area contributed by atoms with Crippen molar-refractivity contribution in [3.8, 4) is 11.1 Å². The van der Waals surface area contributed by atoms with Crippen LogP contribution in [-0.4, -0.2) is 56.9 Å². The largest absolute Gasteiger partial charge is 0.395 e. The maximum absolute atomic E-state index is 14.6. The number of alkyl halides is 1. The minimum Gasteiger partial charge on any atom is -0.395 e. The molecule has 33 heavy (non-hydrogen) atoms. The number of primary amides is 1. The predicted octanol–water partition coefficient (Wildman–Crippen LogP) is 3.56. The van der Waals surface area contributed by atoms with Crippen LogP contribution in [0.3, 0.4) is 0 Å². The number of hydrogen-bond donors (Lipinski definition) is 3. The van der Waals surface area contributed by atoms with Gasteiger partial charge in [0.05, 0.1) is 58.6 Å². The van der Waals surface area contributed by atoms with E-state index in [9.17, 15) is 14.3 Å². The maximum Gasteiger partial charge on any atom is 0.253 e. The first kappa shape index (κ1) is 21.4. The number of H-pyrrole nitrogens is 1. The molecule has 5 rings (SSSR count). The van der Waals surface area contributed by atoms with E-state index >= 15 is 0 Å². The molecule has 0 unspecified atom stereocenters. The summed E-state index contributed by atoms with van der Waals surface area (Å²) in [5, 5.41) is 9.42. The van der Waals surface area contributed by atoms with Gasteiger partial charge in [-0.3, -0.25) is 4.79 Å². The summed E-state index contributed by atoms with van der Waals surface area (Å²) in [4.78, 5) is 26.1. The summed E-state index contributed by atoms with van der Waals surface area (Å²) in [6.45, 7) is 0.278. The Morgan fingerprint density at radius 3 is 2.88 bits per heavy atom. The highest BCUT2D eigenvalue weighted by Gasteiger charge is 2.27. The van der Waals surface area contributed by atoms with Gasteiger partial charge in [0.15, 0.2) is 0 Å². The third-order valence-electron chi connectivity index (χ3n) is 6.67. The van der Waals surface area contributed by atoms with Crippen LogP contribution in [0.25, 0.3) is 33.2 Å². The number of nitrogens with zero attached hydrogens (tertiary/aromatic N) is 4. The number of rotatable bonds is 6. The zero-order valence-corrected chi connectivity index (χ0v) is 18.5. The average molecular weight is 451 g/mol. The molecule has 0 saturated heterocycles. The quantitative estimate of drug-likeness (QED) is 0.416. The number of aliphatic hydroxyl groups is 1. The summed E-state index contributed by atoms with van der Waals surface area (Å²) < 4.78 is 16.5. The van der Waals surface area contributed by atoms with Gasteiger partial charge in [0.25, 0.3) is 5.91 Å². The number of carbonyl (C=O) groups excluding carboxylic acids is 1. The van der Waals surface area contributed by atoms with Crippen molar-refractivity contribution in [2.24, 2.45) is 5.73 Å². The van der Waals surface area contributed by atoms with E-state index in [1.165, 1.54) is 6.33 Å². The molecule has 0 bridgehead atoms. The molecule has 2 atom stereocenters. The number of aromatic amines is 1. The van der Waals surface area contributed by atoms with Gasteiger partial charge < -0.3 is 25.3 Å². The van der Waals surface area contributed by atoms with E-state index in [0.717, 1.165) is 41.4 Å². The highest BCUT2D eigenvalue weighted by Crippen LogP contribution is 2.38. The van der Waals surface area contributed by atoms with Crippen LogP contribution in [0.5, 0.6) is 0 Å². The highest BCUT2D eigenvalue weighted by molar-refractivity contribution is 6.13. The van der Waals surface area contributed by atoms with Crippen LogP contribution >= 0.6 is 0 Å². The SMILES string of the molecule is CN(CCO)c1cc(-c2ccc3c(c2)ncn3[C@@H]2CCCC[C@H]2F)c2nc[nH]c2c1C(N)=O. The topological polar surface area (TPSA) is 113 Å². The van der Waals surface area contributed by atoms with E-state index in [1.807, 2.05) is 28.8 Å². The van der Waals surface area contributed by atoms with E-state index in [-0.39, 0.29) is 12.6 Å². The smallest absolute Gasteiger partial charge is 0.253 e. The summed E-state index contributed by atoms with van der Waals surface area (Å²) in [6.07, 6.45) is 5.78. The predicted molar refractivity (Wildman–Crippen MR) is 126 cm³/mol. The fraction of sp³-hybridized carbons (Fsp3) is 0.375. The first-order valence-corrected chi connectivity index (χ1v) is 11.2. The number of fused-ring (bicyclic) bond motifs is 2. The third kappa shape index (κ3) is 3.62. The van der Waals surface area contributed by atoms with Gasteiger partial charge in [0.2, 0.25) is 0 Å². The molecule has 172 valence electrons. The Balaban J connectivity index is 1.64. The highest BCUT2D eigenvalue weighted by atomic mass is 19.1. The molecule has 1 saturated carbocycles. The number of amides is 1. The molecule has 1 aliphatic carbocycles. The average Bonchev–Trinajstić information content (AvgIpc) is 3.45. The molecule has 8 nitrogen and oxygen atoms in total. The van der Waals surface area contributed by atoms with Crippen LogP contribution in [0.2, 0.25) is 0 Å². The monoisotopic (exact) mass is 450 g/mol. The second-order valence-corrected chi connectivity index (χ2v) is 8.68. The Labute approximate surface area is 190 Å². The molecular weight excluding hydrogens is 423 g/mol. The Morgan fingerprint density at radius 1 is 1.30 bits per heavy atom. The molecule has 4 aromatic rings. The summed E-state index contributed by atoms with van der Waals surface area (Å²) in [5.41, 5.74) is 11.2. The van der Waals surface area contributed by atoms with E-state index in [2.05, 4.69) is 15.0 Å². The van der Waals surface area contributed by atoms with E-state index in [4.69, 9.17) is 5.73 Å². The summed E-state index contributed by atoms with van der Waals surface area (Å²) >= 11 is 0. The first-order chi connectivity index (χ1) is 16.0. The lowest BCUT2D eigenvalue weighted by atomic mass is 9.93. The van der Waals surface area contributed by atoms with Crippen molar-refractivity contribution >= 4 is 33.7 Å². The van der Waals surface area contributed by atoms with E-state index in [0.29, 0.717) is 35.2 Å². The molecule has 0 aliphatic heterocycles. The number of hydrogen-bond acceptors (Lipinski definition) is 5. The number of nitrogens with two attached hydrogens (primary N) is 1.